The summed E-state index contributed by atoms with van der Waals surface area (Å²) in [5.41, 5.74) is 0.711. The monoisotopic (exact) mass is 380 g/mol. The van der Waals surface area contributed by atoms with Gasteiger partial charge < -0.3 is 14.5 Å². The minimum absolute atomic E-state index is 0.0318. The molecule has 0 spiro atoms. The molecule has 1 aromatic heterocycles. The highest BCUT2D eigenvalue weighted by Gasteiger charge is 2.18. The van der Waals surface area contributed by atoms with Crippen molar-refractivity contribution in [3.63, 3.8) is 0 Å². The molecule has 9 heteroatoms. The van der Waals surface area contributed by atoms with Crippen molar-refractivity contribution in [2.45, 2.75) is 6.92 Å². The van der Waals surface area contributed by atoms with E-state index in [0.29, 0.717) is 11.3 Å². The summed E-state index contributed by atoms with van der Waals surface area (Å²) < 4.78 is 35.1. The van der Waals surface area contributed by atoms with Gasteiger partial charge in [0.05, 0.1) is 36.9 Å². The van der Waals surface area contributed by atoms with Gasteiger partial charge in [-0.25, -0.2) is 13.2 Å². The zero-order chi connectivity index (χ0) is 19.2. The van der Waals surface area contributed by atoms with Crippen molar-refractivity contribution in [2.24, 2.45) is 0 Å². The lowest BCUT2D eigenvalue weighted by Crippen LogP contribution is -2.38. The Hall–Kier alpha value is -2.81. The van der Waals surface area contributed by atoms with Crippen LogP contribution in [0.25, 0.3) is 0 Å². The minimum atomic E-state index is -3.57. The van der Waals surface area contributed by atoms with Crippen LogP contribution in [0.15, 0.2) is 47.1 Å². The van der Waals surface area contributed by atoms with E-state index in [-0.39, 0.29) is 25.5 Å². The van der Waals surface area contributed by atoms with Crippen LogP contribution in [0.4, 0.5) is 5.69 Å². The van der Waals surface area contributed by atoms with E-state index in [0.717, 1.165) is 10.6 Å². The van der Waals surface area contributed by atoms with Crippen molar-refractivity contribution >= 4 is 27.6 Å². The van der Waals surface area contributed by atoms with E-state index in [4.69, 9.17) is 9.15 Å². The highest BCUT2D eigenvalue weighted by molar-refractivity contribution is 7.92. The summed E-state index contributed by atoms with van der Waals surface area (Å²) in [6.45, 7) is 2.08. The zero-order valence-corrected chi connectivity index (χ0v) is 15.3. The lowest BCUT2D eigenvalue weighted by atomic mass is 10.2. The number of amides is 1. The summed E-state index contributed by atoms with van der Waals surface area (Å²) in [7, 11) is -3.57. The Morgan fingerprint density at radius 1 is 1.19 bits per heavy atom. The maximum atomic E-state index is 12.1. The molecule has 140 valence electrons. The fourth-order valence-electron chi connectivity index (χ4n) is 2.23. The Morgan fingerprint density at radius 2 is 1.88 bits per heavy atom. The van der Waals surface area contributed by atoms with Crippen molar-refractivity contribution in [1.29, 1.82) is 0 Å². The van der Waals surface area contributed by atoms with E-state index in [2.05, 4.69) is 5.32 Å². The Labute approximate surface area is 151 Å². The third-order valence-corrected chi connectivity index (χ3v) is 4.61. The van der Waals surface area contributed by atoms with Gasteiger partial charge in [-0.15, -0.1) is 0 Å². The summed E-state index contributed by atoms with van der Waals surface area (Å²) in [5.74, 6) is -0.758. The third-order valence-electron chi connectivity index (χ3n) is 3.41. The molecule has 0 saturated carbocycles. The molecule has 0 radical (unpaired) electrons. The predicted molar refractivity (Wildman–Crippen MR) is 95.6 cm³/mol. The van der Waals surface area contributed by atoms with Crippen LogP contribution in [-0.4, -0.2) is 46.2 Å². The van der Waals surface area contributed by atoms with E-state index >= 15 is 0 Å². The fraction of sp³-hybridized carbons (Fsp3) is 0.294. The van der Waals surface area contributed by atoms with E-state index < -0.39 is 21.9 Å². The van der Waals surface area contributed by atoms with Crippen LogP contribution >= 0.6 is 0 Å². The van der Waals surface area contributed by atoms with Gasteiger partial charge in [0.15, 0.2) is 5.76 Å². The Bertz CT molecular complexity index is 844. The number of furan rings is 1. The molecule has 26 heavy (non-hydrogen) atoms. The molecule has 1 aromatic carbocycles. The number of carbonyl (C=O) groups excluding carboxylic acids is 2. The second-order valence-corrected chi connectivity index (χ2v) is 7.24. The molecule has 0 unspecified atom stereocenters. The number of anilines is 1. The van der Waals surface area contributed by atoms with Gasteiger partial charge in [0.25, 0.3) is 5.91 Å². The van der Waals surface area contributed by atoms with Gasteiger partial charge in [-0.3, -0.25) is 9.10 Å². The normalized spacial score (nSPS) is 11.0. The lowest BCUT2D eigenvalue weighted by molar-refractivity contribution is 0.0526. The van der Waals surface area contributed by atoms with Crippen molar-refractivity contribution in [3.8, 4) is 0 Å². The maximum absolute atomic E-state index is 12.1. The molecule has 0 fully saturated rings. The van der Waals surface area contributed by atoms with Gasteiger partial charge in [0.2, 0.25) is 10.0 Å². The summed E-state index contributed by atoms with van der Waals surface area (Å²) in [5, 5.41) is 2.59. The van der Waals surface area contributed by atoms with Gasteiger partial charge in [-0.05, 0) is 43.3 Å². The molecule has 0 bridgehead atoms. The number of sulfonamides is 1. The summed E-state index contributed by atoms with van der Waals surface area (Å²) in [6.07, 6.45) is 2.45. The summed E-state index contributed by atoms with van der Waals surface area (Å²) >= 11 is 0. The predicted octanol–water partition coefficient (Wildman–Crippen LogP) is 1.65. The first-order valence-electron chi connectivity index (χ1n) is 7.89. The van der Waals surface area contributed by atoms with E-state index in [1.807, 2.05) is 0 Å². The number of rotatable bonds is 8. The second-order valence-electron chi connectivity index (χ2n) is 5.34. The molecular formula is C17H20N2O6S. The summed E-state index contributed by atoms with van der Waals surface area (Å²) in [6, 6.07) is 9.11. The Morgan fingerprint density at radius 3 is 2.42 bits per heavy atom. The van der Waals surface area contributed by atoms with Crippen LogP contribution in [0.5, 0.6) is 0 Å². The SMILES string of the molecule is CCOC(=O)c1ccc(N(CCNC(=O)c2ccco2)S(C)(=O)=O)cc1. The number of hydrogen-bond acceptors (Lipinski definition) is 6. The van der Waals surface area contributed by atoms with Crippen molar-refractivity contribution < 1.29 is 27.2 Å². The molecule has 8 nitrogen and oxygen atoms in total. The van der Waals surface area contributed by atoms with Crippen molar-refractivity contribution in [2.75, 3.05) is 30.3 Å². The topological polar surface area (TPSA) is 106 Å². The number of benzene rings is 1. The molecule has 1 amide bonds. The molecule has 2 rings (SSSR count). The van der Waals surface area contributed by atoms with Crippen LogP contribution in [0, 0.1) is 0 Å². The van der Waals surface area contributed by atoms with Crippen LogP contribution in [0.3, 0.4) is 0 Å². The third kappa shape index (κ3) is 5.09. The number of nitrogens with one attached hydrogen (secondary N) is 1. The number of carbonyl (C=O) groups is 2. The molecule has 0 atom stereocenters. The largest absolute Gasteiger partial charge is 0.462 e. The maximum Gasteiger partial charge on any atom is 0.338 e. The quantitative estimate of drug-likeness (QED) is 0.698. The molecule has 1 heterocycles. The number of hydrogen-bond donors (Lipinski definition) is 1. The van der Waals surface area contributed by atoms with E-state index in [1.54, 1.807) is 13.0 Å². The van der Waals surface area contributed by atoms with Gasteiger partial charge in [0, 0.05) is 6.54 Å². The van der Waals surface area contributed by atoms with Gasteiger partial charge in [-0.1, -0.05) is 0 Å². The van der Waals surface area contributed by atoms with Crippen LogP contribution in [0.1, 0.15) is 27.8 Å². The van der Waals surface area contributed by atoms with Gasteiger partial charge in [-0.2, -0.15) is 0 Å². The average Bonchev–Trinajstić information content (AvgIpc) is 3.12. The first kappa shape index (κ1) is 19.5. The smallest absolute Gasteiger partial charge is 0.338 e. The fourth-order valence-corrected chi connectivity index (χ4v) is 3.16. The second kappa shape index (κ2) is 8.52. The molecule has 0 aliphatic rings. The standard InChI is InChI=1S/C17H20N2O6S/c1-3-24-17(21)13-6-8-14(9-7-13)19(26(2,22)23)11-10-18-16(20)15-5-4-12-25-15/h4-9,12H,3,10-11H2,1-2H3,(H,18,20). The highest BCUT2D eigenvalue weighted by Crippen LogP contribution is 2.18. The van der Waals surface area contributed by atoms with Gasteiger partial charge in [0.1, 0.15) is 0 Å². The molecular weight excluding hydrogens is 360 g/mol. The molecule has 2 aromatic rings. The summed E-state index contributed by atoms with van der Waals surface area (Å²) in [4.78, 5) is 23.5. The Kier molecular flexibility index (Phi) is 6.40. The minimum Gasteiger partial charge on any atom is -0.462 e. The molecule has 0 aliphatic heterocycles. The number of nitrogens with zero attached hydrogens (tertiary/aromatic N) is 1. The first-order chi connectivity index (χ1) is 12.3. The first-order valence-corrected chi connectivity index (χ1v) is 9.74. The molecule has 0 aliphatic carbocycles. The van der Waals surface area contributed by atoms with E-state index in [1.165, 1.54) is 36.6 Å². The van der Waals surface area contributed by atoms with Crippen LogP contribution in [0.2, 0.25) is 0 Å². The number of ether oxygens (including phenoxy) is 1. The number of esters is 1. The average molecular weight is 380 g/mol. The Balaban J connectivity index is 2.05. The van der Waals surface area contributed by atoms with Crippen LogP contribution in [-0.2, 0) is 14.8 Å². The zero-order valence-electron chi connectivity index (χ0n) is 14.5. The molecule has 1 N–H and O–H groups in total. The van der Waals surface area contributed by atoms with Crippen molar-refractivity contribution in [1.82, 2.24) is 5.32 Å². The van der Waals surface area contributed by atoms with Crippen molar-refractivity contribution in [3.05, 3.63) is 54.0 Å². The van der Waals surface area contributed by atoms with Crippen LogP contribution < -0.4 is 9.62 Å². The highest BCUT2D eigenvalue weighted by atomic mass is 32.2. The lowest BCUT2D eigenvalue weighted by Gasteiger charge is -2.22. The van der Waals surface area contributed by atoms with Gasteiger partial charge >= 0.3 is 5.97 Å². The molecule has 0 saturated heterocycles. The van der Waals surface area contributed by atoms with E-state index in [9.17, 15) is 18.0 Å².